The molecule has 5 fully saturated rings. The second-order valence-corrected chi connectivity index (χ2v) is 35.4. The van der Waals surface area contributed by atoms with Gasteiger partial charge in [0, 0.05) is 137 Å². The molecule has 11 N–H and O–H groups in total. The number of nitrogens with zero attached hydrogens (tertiary/aromatic N) is 9. The van der Waals surface area contributed by atoms with E-state index in [0.717, 1.165) is 132 Å². The number of alkyl halides is 1. The molecular weight excluding hydrogens is 1540 g/mol. The van der Waals surface area contributed by atoms with E-state index >= 15 is 0 Å². The maximum atomic E-state index is 13.9. The number of carbonyl (C=O) groups excluding carboxylic acids is 3. The molecule has 1 aliphatic carbocycles. The molecule has 114 heavy (non-hydrogen) atoms. The van der Waals surface area contributed by atoms with Crippen LogP contribution in [0.15, 0.2) is 116 Å². The van der Waals surface area contributed by atoms with E-state index < -0.39 is 46.7 Å². The molecule has 1 saturated carbocycles. The fourth-order valence-electron chi connectivity index (χ4n) is 17.5. The van der Waals surface area contributed by atoms with Crippen molar-refractivity contribution in [1.29, 1.82) is 0 Å². The SMILES string of the molecule is CC(C)(C1CCN(C(=O)NCCN2CCOCC2)CC1)[C@H](O)c1cc(Cl)cc2cn[nH]c12.CC(C)(C1CCN(C(=O)NCc2ccccc2)CC1)[C@H](O)c1cc(Cl)cc2cn[nH]c12.CC1(F)CC(C)(C(O)c2cc(Cl)c(F)c3cn[nH]c23)C1.Cc1ccc(NC(=O)N2CCC(C(C)(C)[C@H](O)c3cc(Cl)cc4cn[nH]c34)CC2)nc1. The lowest BCUT2D eigenvalue weighted by atomic mass is 9.58. The smallest absolute Gasteiger partial charge is 0.323 e. The molecule has 5 aromatic heterocycles. The minimum absolute atomic E-state index is 0.00377. The van der Waals surface area contributed by atoms with Crippen molar-refractivity contribution in [2.45, 2.75) is 150 Å². The van der Waals surface area contributed by atoms with Gasteiger partial charge in [0.15, 0.2) is 5.82 Å². The van der Waals surface area contributed by atoms with Crippen LogP contribution in [0.2, 0.25) is 20.1 Å². The van der Waals surface area contributed by atoms with Gasteiger partial charge in [-0.1, -0.05) is 131 Å². The highest BCUT2D eigenvalue weighted by Crippen LogP contribution is 2.58. The lowest BCUT2D eigenvalue weighted by Crippen LogP contribution is -2.49. The Morgan fingerprint density at radius 2 is 0.974 bits per heavy atom. The standard InChI is InChI=1S/C24H29ClN4O2.C23H34ClN5O3.C23H28ClN5O2.C14H15ClF2N2O/c1-24(2,22(30)20-13-19(25)12-17-15-27-28-21(17)20)18-8-10-29(11-9-18)23(31)26-14-16-6-4-3-5-7-16;1-23(2,21(30)19-14-18(24)13-16-15-26-27-20(16)19)17-3-6-29(7-4-17)22(31)25-5-8-28-9-11-32-12-10-28;1-14-4-5-19(25-12-14)27-22(31)29-8-6-16(7-9-29)23(2,3)21(30)18-11-17(24)10-15-13-26-28-20(15)18;1-13(5-14(2,17)6-13)12(20)7-3-9(15)10(16)8-4-18-19-11(7)8/h3-7,12-13,15,18,22,30H,8-11,14H2,1-2H3,(H,26,31)(H,27,28);13-15,17,21,30H,3-12H2,1-2H3,(H,25,31)(H,26,27);4-5,10-13,16,21,30H,6-9H2,1-3H3,(H,26,28)(H,25,27,31);3-4,12,20H,5-6H2,1-2H3,(H,18,19)/t22-;2*21-;/m111./s1. The van der Waals surface area contributed by atoms with Gasteiger partial charge >= 0.3 is 18.1 Å². The van der Waals surface area contributed by atoms with Gasteiger partial charge in [-0.15, -0.1) is 0 Å². The van der Waals surface area contributed by atoms with Gasteiger partial charge in [0.2, 0.25) is 0 Å². The first-order chi connectivity index (χ1) is 54.2. The minimum Gasteiger partial charge on any atom is -0.388 e. The van der Waals surface area contributed by atoms with Gasteiger partial charge in [-0.3, -0.25) is 30.6 Å². The van der Waals surface area contributed by atoms with Crippen LogP contribution >= 0.6 is 46.4 Å². The summed E-state index contributed by atoms with van der Waals surface area (Å²) >= 11 is 24.7. The Hall–Kier alpha value is -8.28. The number of likely N-dealkylation sites (tertiary alicyclic amines) is 3. The first-order valence-corrected chi connectivity index (χ1v) is 40.7. The number of urea groups is 3. The number of carbonyl (C=O) groups is 3. The number of morpholine rings is 1. The van der Waals surface area contributed by atoms with Crippen molar-refractivity contribution in [3.63, 3.8) is 0 Å². The first kappa shape index (κ1) is 85.1. The number of hydrogen-bond donors (Lipinski definition) is 11. The van der Waals surface area contributed by atoms with Crippen LogP contribution < -0.4 is 16.0 Å². The molecule has 4 aliphatic heterocycles. The zero-order valence-electron chi connectivity index (χ0n) is 66.1. The van der Waals surface area contributed by atoms with E-state index in [1.165, 1.54) is 19.2 Å². The van der Waals surface area contributed by atoms with Gasteiger partial charge in [0.05, 0.1) is 94.9 Å². The van der Waals surface area contributed by atoms with E-state index in [0.29, 0.717) is 84.3 Å². The van der Waals surface area contributed by atoms with Gasteiger partial charge in [0.1, 0.15) is 11.5 Å². The van der Waals surface area contributed by atoms with Crippen molar-refractivity contribution >= 4 is 114 Å². The number of pyridine rings is 1. The number of piperidine rings is 3. The van der Waals surface area contributed by atoms with E-state index in [1.54, 1.807) is 30.9 Å². The van der Waals surface area contributed by atoms with Crippen LogP contribution in [0.5, 0.6) is 0 Å². The number of halogens is 6. The largest absolute Gasteiger partial charge is 0.388 e. The molecule has 0 radical (unpaired) electrons. The summed E-state index contributed by atoms with van der Waals surface area (Å²) in [6, 6.07) is 25.8. The molecule has 4 saturated heterocycles. The summed E-state index contributed by atoms with van der Waals surface area (Å²) in [5.74, 6) is 0.795. The Balaban J connectivity index is 0.000000142. The van der Waals surface area contributed by atoms with E-state index in [9.17, 15) is 43.6 Å². The lowest BCUT2D eigenvalue weighted by Gasteiger charge is -2.50. The zero-order valence-corrected chi connectivity index (χ0v) is 69.1. The summed E-state index contributed by atoms with van der Waals surface area (Å²) in [4.78, 5) is 49.9. The number of anilines is 1. The fourth-order valence-corrected chi connectivity index (χ4v) is 18.4. The van der Waals surface area contributed by atoms with E-state index in [1.807, 2.05) is 101 Å². The van der Waals surface area contributed by atoms with Crippen molar-refractivity contribution in [2.75, 3.05) is 84.0 Å². The molecule has 5 aromatic carbocycles. The summed E-state index contributed by atoms with van der Waals surface area (Å²) in [5.41, 5.74) is 4.78. The molecule has 5 aliphatic rings. The Morgan fingerprint density at radius 3 is 1.40 bits per heavy atom. The predicted octanol–water partition coefficient (Wildman–Crippen LogP) is 16.8. The van der Waals surface area contributed by atoms with Gasteiger partial charge in [-0.25, -0.2) is 28.1 Å². The van der Waals surface area contributed by atoms with Gasteiger partial charge in [0.25, 0.3) is 0 Å². The second-order valence-electron chi connectivity index (χ2n) is 33.7. The number of rotatable bonds is 17. The summed E-state index contributed by atoms with van der Waals surface area (Å²) < 4.78 is 33.0. The second kappa shape index (κ2) is 36.1. The Bertz CT molecular complexity index is 4930. The van der Waals surface area contributed by atoms with Gasteiger partial charge in [-0.2, -0.15) is 20.4 Å². The lowest BCUT2D eigenvalue weighted by molar-refractivity contribution is -0.117. The molecule has 4 atom stereocenters. The molecule has 1 unspecified atom stereocenters. The molecule has 30 heteroatoms. The number of aryl methyl sites for hydroxylation is 1. The minimum atomic E-state index is -1.26. The maximum absolute atomic E-state index is 13.9. The third-order valence-corrected chi connectivity index (χ3v) is 25.5. The molecule has 0 spiro atoms. The first-order valence-electron chi connectivity index (χ1n) is 39.2. The number of hydrogen-bond acceptors (Lipinski definition) is 14. The van der Waals surface area contributed by atoms with Crippen molar-refractivity contribution < 1.29 is 48.3 Å². The monoisotopic (exact) mass is 1640 g/mol. The topological polar surface area (TPSA) is 318 Å². The number of ether oxygens (including phenoxy) is 1. The summed E-state index contributed by atoms with van der Waals surface area (Å²) in [6.45, 7) is 27.3. The highest BCUT2D eigenvalue weighted by molar-refractivity contribution is 6.32. The number of aromatic amines is 4. The summed E-state index contributed by atoms with van der Waals surface area (Å²) in [7, 11) is 0. The zero-order chi connectivity index (χ0) is 81.6. The average molecular weight is 1650 g/mol. The van der Waals surface area contributed by atoms with Crippen LogP contribution in [0.3, 0.4) is 0 Å². The summed E-state index contributed by atoms with van der Waals surface area (Å²) in [5, 5.41) is 85.8. The number of benzene rings is 5. The van der Waals surface area contributed by atoms with E-state index in [2.05, 4.69) is 108 Å². The third kappa shape index (κ3) is 19.5. The van der Waals surface area contributed by atoms with Crippen LogP contribution in [-0.2, 0) is 11.3 Å². The summed E-state index contributed by atoms with van der Waals surface area (Å²) in [6.07, 6.45) is 10.7. The molecule has 6 amide bonds. The van der Waals surface area contributed by atoms with Gasteiger partial charge < -0.3 is 50.5 Å². The van der Waals surface area contributed by atoms with Crippen molar-refractivity contribution in [3.05, 3.63) is 175 Å². The number of H-pyrrole nitrogens is 4. The molecule has 0 bridgehead atoms. The number of aliphatic hydroxyl groups is 4. The molecule has 9 heterocycles. The van der Waals surface area contributed by atoms with Crippen molar-refractivity contribution in [3.8, 4) is 0 Å². The molecule has 15 rings (SSSR count). The number of nitrogens with one attached hydrogen (secondary N) is 7. The van der Waals surface area contributed by atoms with Crippen LogP contribution in [-0.4, -0.2) is 188 Å². The van der Waals surface area contributed by atoms with E-state index in [-0.39, 0.29) is 69.9 Å². The van der Waals surface area contributed by atoms with Crippen LogP contribution in [0.4, 0.5) is 29.0 Å². The normalized spacial score (nSPS) is 20.0. The van der Waals surface area contributed by atoms with Crippen LogP contribution in [0.25, 0.3) is 43.6 Å². The number of aliphatic hydroxyl groups excluding tert-OH is 4. The number of aromatic nitrogens is 9. The Labute approximate surface area is 683 Å². The van der Waals surface area contributed by atoms with E-state index in [4.69, 9.17) is 51.1 Å². The van der Waals surface area contributed by atoms with Crippen molar-refractivity contribution in [2.24, 2.45) is 39.4 Å². The fraction of sp³-hybridized carbons (Fsp3) is 0.500. The molecule has 612 valence electrons. The highest BCUT2D eigenvalue weighted by Gasteiger charge is 2.54. The number of fused-ring (bicyclic) bond motifs is 4. The van der Waals surface area contributed by atoms with Crippen LogP contribution in [0.1, 0.15) is 165 Å². The molecular formula is C84H106Cl4F2N16O8. The predicted molar refractivity (Wildman–Crippen MR) is 443 cm³/mol. The molecule has 10 aromatic rings. The molecule has 24 nitrogen and oxygen atoms in total. The quantitative estimate of drug-likeness (QED) is 0.0404. The Morgan fingerprint density at radius 1 is 0.553 bits per heavy atom. The Kier molecular flexibility index (Phi) is 26.9. The van der Waals surface area contributed by atoms with Gasteiger partial charge in [-0.05, 0) is 159 Å². The maximum Gasteiger partial charge on any atom is 0.323 e. The number of amides is 6. The van der Waals surface area contributed by atoms with Crippen molar-refractivity contribution in [1.82, 2.24) is 76.0 Å². The third-order valence-electron chi connectivity index (χ3n) is 24.5. The average Bonchev–Trinajstić information content (AvgIpc) is 1.38. The van der Waals surface area contributed by atoms with Crippen LogP contribution in [0, 0.1) is 52.2 Å². The highest BCUT2D eigenvalue weighted by atomic mass is 35.5.